The molecule has 98 valence electrons. The molecule has 1 aromatic carbocycles. The Balaban J connectivity index is 1.81. The normalized spacial score (nSPS) is 22.6. The summed E-state index contributed by atoms with van der Waals surface area (Å²) in [6, 6.07) is 9.25. The summed E-state index contributed by atoms with van der Waals surface area (Å²) in [5, 5.41) is 0. The van der Waals surface area contributed by atoms with Crippen molar-refractivity contribution >= 4 is 5.69 Å². The van der Waals surface area contributed by atoms with Gasteiger partial charge in [0.05, 0.1) is 0 Å². The van der Waals surface area contributed by atoms with Crippen molar-refractivity contribution in [3.05, 3.63) is 29.8 Å². The van der Waals surface area contributed by atoms with Gasteiger partial charge in [-0.3, -0.25) is 0 Å². The summed E-state index contributed by atoms with van der Waals surface area (Å²) in [7, 11) is 0. The Bertz CT molecular complexity index is 384. The molecule has 1 aliphatic heterocycles. The number of nitrogens with zero attached hydrogens (tertiary/aromatic N) is 1. The minimum Gasteiger partial charge on any atom is -0.372 e. The number of benzene rings is 1. The summed E-state index contributed by atoms with van der Waals surface area (Å²) in [5.74, 6) is 0. The molecule has 1 saturated heterocycles. The average Bonchev–Trinajstić information content (AvgIpc) is 3.11. The molecule has 0 atom stereocenters. The minimum atomic E-state index is 0.281. The van der Waals surface area contributed by atoms with Crippen molar-refractivity contribution in [3.63, 3.8) is 0 Å². The zero-order valence-corrected chi connectivity index (χ0v) is 11.2. The Morgan fingerprint density at radius 3 is 2.11 bits per heavy atom. The molecule has 2 nitrogen and oxygen atoms in total. The molecule has 0 unspecified atom stereocenters. The van der Waals surface area contributed by atoms with Crippen LogP contribution >= 0.6 is 0 Å². The van der Waals surface area contributed by atoms with Crippen molar-refractivity contribution in [1.82, 2.24) is 0 Å². The van der Waals surface area contributed by atoms with Crippen LogP contribution in [0.25, 0.3) is 0 Å². The van der Waals surface area contributed by atoms with E-state index in [1.807, 2.05) is 0 Å². The summed E-state index contributed by atoms with van der Waals surface area (Å²) in [5.41, 5.74) is 9.19. The second kappa shape index (κ2) is 4.93. The Hall–Kier alpha value is -1.02. The fourth-order valence-corrected chi connectivity index (χ4v) is 3.66. The number of anilines is 1. The van der Waals surface area contributed by atoms with Gasteiger partial charge in [-0.1, -0.05) is 25.0 Å². The molecule has 2 N–H and O–H groups in total. The molecule has 18 heavy (non-hydrogen) atoms. The van der Waals surface area contributed by atoms with Crippen LogP contribution in [-0.4, -0.2) is 19.6 Å². The van der Waals surface area contributed by atoms with Crippen LogP contribution in [0.15, 0.2) is 24.3 Å². The number of hydrogen-bond acceptors (Lipinski definition) is 2. The van der Waals surface area contributed by atoms with E-state index in [4.69, 9.17) is 5.73 Å². The lowest BCUT2D eigenvalue weighted by molar-refractivity contribution is 0.453. The highest BCUT2D eigenvalue weighted by Gasteiger charge is 2.34. The molecule has 2 fully saturated rings. The molecule has 1 heterocycles. The van der Waals surface area contributed by atoms with E-state index in [1.165, 1.54) is 62.9 Å². The van der Waals surface area contributed by atoms with Crippen LogP contribution in [0.1, 0.15) is 44.1 Å². The third kappa shape index (κ3) is 2.03. The smallest absolute Gasteiger partial charge is 0.0366 e. The summed E-state index contributed by atoms with van der Waals surface area (Å²) < 4.78 is 0. The maximum Gasteiger partial charge on any atom is 0.0366 e. The summed E-state index contributed by atoms with van der Waals surface area (Å²) >= 11 is 0. The van der Waals surface area contributed by atoms with E-state index >= 15 is 0 Å². The van der Waals surface area contributed by atoms with Crippen molar-refractivity contribution in [2.75, 3.05) is 24.5 Å². The lowest BCUT2D eigenvalue weighted by atomic mass is 9.79. The highest BCUT2D eigenvalue weighted by Crippen LogP contribution is 2.40. The van der Waals surface area contributed by atoms with E-state index in [2.05, 4.69) is 29.2 Å². The molecule has 1 saturated carbocycles. The number of hydrogen-bond donors (Lipinski definition) is 1. The quantitative estimate of drug-likeness (QED) is 0.885. The largest absolute Gasteiger partial charge is 0.372 e. The first kappa shape index (κ1) is 12.0. The van der Waals surface area contributed by atoms with Gasteiger partial charge in [0.1, 0.15) is 0 Å². The van der Waals surface area contributed by atoms with E-state index in [-0.39, 0.29) is 5.41 Å². The highest BCUT2D eigenvalue weighted by molar-refractivity contribution is 5.49. The zero-order chi connectivity index (χ0) is 12.4. The maximum atomic E-state index is 6.05. The van der Waals surface area contributed by atoms with Gasteiger partial charge in [-0.05, 0) is 43.4 Å². The molecule has 1 aliphatic carbocycles. The highest BCUT2D eigenvalue weighted by atomic mass is 15.1. The maximum absolute atomic E-state index is 6.05. The van der Waals surface area contributed by atoms with Crippen molar-refractivity contribution in [1.29, 1.82) is 0 Å². The predicted octanol–water partition coefficient (Wildman–Crippen LogP) is 3.06. The SMILES string of the molecule is NCC1(c2ccc(N3CCCC3)cc2)CCCC1. The average molecular weight is 244 g/mol. The van der Waals surface area contributed by atoms with E-state index in [1.54, 1.807) is 0 Å². The van der Waals surface area contributed by atoms with Crippen molar-refractivity contribution in [2.45, 2.75) is 43.9 Å². The molecule has 0 amide bonds. The first-order valence-corrected chi connectivity index (χ1v) is 7.40. The van der Waals surface area contributed by atoms with Crippen molar-refractivity contribution in [2.24, 2.45) is 5.73 Å². The molecule has 1 aromatic rings. The van der Waals surface area contributed by atoms with Crippen LogP contribution in [0.5, 0.6) is 0 Å². The minimum absolute atomic E-state index is 0.281. The second-order valence-corrected chi connectivity index (χ2v) is 5.93. The molecule has 2 heteroatoms. The summed E-state index contributed by atoms with van der Waals surface area (Å²) in [4.78, 5) is 2.49. The third-order valence-electron chi connectivity index (χ3n) is 4.90. The van der Waals surface area contributed by atoms with Gasteiger partial charge in [-0.2, -0.15) is 0 Å². The monoisotopic (exact) mass is 244 g/mol. The van der Waals surface area contributed by atoms with E-state index in [0.717, 1.165) is 6.54 Å². The predicted molar refractivity (Wildman–Crippen MR) is 77.1 cm³/mol. The topological polar surface area (TPSA) is 29.3 Å². The van der Waals surface area contributed by atoms with Crippen molar-refractivity contribution < 1.29 is 0 Å². The standard InChI is InChI=1S/C16H24N2/c17-13-16(9-1-2-10-16)14-5-7-15(8-6-14)18-11-3-4-12-18/h5-8H,1-4,9-13,17H2. The zero-order valence-electron chi connectivity index (χ0n) is 11.2. The first-order chi connectivity index (χ1) is 8.84. The Labute approximate surface area is 110 Å². The summed E-state index contributed by atoms with van der Waals surface area (Å²) in [6.45, 7) is 3.25. The third-order valence-corrected chi connectivity index (χ3v) is 4.90. The van der Waals surface area contributed by atoms with Gasteiger partial charge < -0.3 is 10.6 Å². The lowest BCUT2D eigenvalue weighted by Gasteiger charge is -2.28. The molecule has 0 spiro atoms. The number of nitrogens with two attached hydrogens (primary N) is 1. The van der Waals surface area contributed by atoms with Crippen LogP contribution in [0.2, 0.25) is 0 Å². The second-order valence-electron chi connectivity index (χ2n) is 5.93. The fraction of sp³-hybridized carbons (Fsp3) is 0.625. The van der Waals surface area contributed by atoms with Crippen LogP contribution < -0.4 is 10.6 Å². The lowest BCUT2D eigenvalue weighted by Crippen LogP contribution is -2.32. The van der Waals surface area contributed by atoms with Crippen molar-refractivity contribution in [3.8, 4) is 0 Å². The van der Waals surface area contributed by atoms with Gasteiger partial charge in [-0.15, -0.1) is 0 Å². The van der Waals surface area contributed by atoms with Gasteiger partial charge >= 0.3 is 0 Å². The van der Waals surface area contributed by atoms with Gasteiger partial charge in [0.25, 0.3) is 0 Å². The Kier molecular flexibility index (Phi) is 3.29. The Morgan fingerprint density at radius 1 is 0.944 bits per heavy atom. The Morgan fingerprint density at radius 2 is 1.56 bits per heavy atom. The molecule has 2 aliphatic rings. The van der Waals surface area contributed by atoms with Crippen LogP contribution in [-0.2, 0) is 5.41 Å². The van der Waals surface area contributed by atoms with Gasteiger partial charge in [0, 0.05) is 30.7 Å². The van der Waals surface area contributed by atoms with Gasteiger partial charge in [0.2, 0.25) is 0 Å². The van der Waals surface area contributed by atoms with Crippen LogP contribution in [0.3, 0.4) is 0 Å². The van der Waals surface area contributed by atoms with Crippen LogP contribution in [0.4, 0.5) is 5.69 Å². The molecular formula is C16H24N2. The molecular weight excluding hydrogens is 220 g/mol. The van der Waals surface area contributed by atoms with E-state index in [9.17, 15) is 0 Å². The van der Waals surface area contributed by atoms with Gasteiger partial charge in [-0.25, -0.2) is 0 Å². The fourth-order valence-electron chi connectivity index (χ4n) is 3.66. The molecule has 0 bridgehead atoms. The molecule has 0 radical (unpaired) electrons. The molecule has 0 aromatic heterocycles. The van der Waals surface area contributed by atoms with Gasteiger partial charge in [0.15, 0.2) is 0 Å². The van der Waals surface area contributed by atoms with E-state index < -0.39 is 0 Å². The van der Waals surface area contributed by atoms with Crippen LogP contribution in [0, 0.1) is 0 Å². The summed E-state index contributed by atoms with van der Waals surface area (Å²) in [6.07, 6.45) is 7.90. The first-order valence-electron chi connectivity index (χ1n) is 7.40. The molecule has 3 rings (SSSR count). The number of rotatable bonds is 3. The van der Waals surface area contributed by atoms with E-state index in [0.29, 0.717) is 0 Å².